The van der Waals surface area contributed by atoms with Gasteiger partial charge in [-0.3, -0.25) is 9.59 Å². The lowest BCUT2D eigenvalue weighted by molar-refractivity contribution is -0.130. The second-order valence-corrected chi connectivity index (χ2v) is 5.41. The first-order valence-corrected chi connectivity index (χ1v) is 7.24. The number of nitrogens with zero attached hydrogens (tertiary/aromatic N) is 3. The van der Waals surface area contributed by atoms with E-state index in [9.17, 15) is 9.59 Å². The van der Waals surface area contributed by atoms with Crippen LogP contribution in [0.2, 0.25) is 0 Å². The third-order valence-electron chi connectivity index (χ3n) is 3.43. The minimum Gasteiger partial charge on any atom is -0.468 e. The van der Waals surface area contributed by atoms with Crippen LogP contribution in [0.5, 0.6) is 5.88 Å². The van der Waals surface area contributed by atoms with E-state index >= 15 is 0 Å². The number of aromatic nitrogens is 2. The van der Waals surface area contributed by atoms with Gasteiger partial charge < -0.3 is 19.7 Å². The van der Waals surface area contributed by atoms with E-state index in [1.807, 2.05) is 0 Å². The number of hydrogen-bond acceptors (Lipinski definition) is 5. The van der Waals surface area contributed by atoms with Gasteiger partial charge in [-0.1, -0.05) is 0 Å². The first-order chi connectivity index (χ1) is 10.5. The molecule has 8 nitrogen and oxygen atoms in total. The zero-order valence-corrected chi connectivity index (χ0v) is 13.2. The zero-order valence-electron chi connectivity index (χ0n) is 13.2. The van der Waals surface area contributed by atoms with Gasteiger partial charge in [-0.15, -0.1) is 0 Å². The Labute approximate surface area is 129 Å². The Kier molecular flexibility index (Phi) is 5.37. The Morgan fingerprint density at radius 2 is 2.32 bits per heavy atom. The number of rotatable bonds is 6. The van der Waals surface area contributed by atoms with E-state index in [4.69, 9.17) is 9.47 Å². The molecule has 1 N–H and O–H groups in total. The summed E-state index contributed by atoms with van der Waals surface area (Å²) in [5.41, 5.74) is 0.257. The van der Waals surface area contributed by atoms with Crippen molar-refractivity contribution in [3.05, 3.63) is 11.8 Å². The van der Waals surface area contributed by atoms with Gasteiger partial charge in [-0.2, -0.15) is 5.10 Å². The van der Waals surface area contributed by atoms with E-state index in [1.54, 1.807) is 21.1 Å². The molecule has 0 aliphatic carbocycles. The molecule has 122 valence electrons. The smallest absolute Gasteiger partial charge is 0.272 e. The molecule has 2 amide bonds. The average Bonchev–Trinajstić information content (AvgIpc) is 3.11. The van der Waals surface area contributed by atoms with Crippen LogP contribution in [0.4, 0.5) is 0 Å². The third-order valence-corrected chi connectivity index (χ3v) is 3.43. The quantitative estimate of drug-likeness (QED) is 0.786. The van der Waals surface area contributed by atoms with E-state index in [2.05, 4.69) is 10.4 Å². The maximum absolute atomic E-state index is 12.0. The number of amides is 2. The van der Waals surface area contributed by atoms with Crippen LogP contribution in [-0.2, 0) is 16.6 Å². The molecule has 8 heteroatoms. The van der Waals surface area contributed by atoms with Crippen molar-refractivity contribution in [2.75, 3.05) is 33.9 Å². The summed E-state index contributed by atoms with van der Waals surface area (Å²) < 4.78 is 12.3. The molecule has 1 aromatic heterocycles. The van der Waals surface area contributed by atoms with Gasteiger partial charge in [-0.25, -0.2) is 4.68 Å². The fraction of sp³-hybridized carbons (Fsp3) is 0.643. The van der Waals surface area contributed by atoms with Crippen molar-refractivity contribution in [3.8, 4) is 5.88 Å². The normalized spacial score (nSPS) is 17.3. The number of aryl methyl sites for hydroxylation is 1. The molecule has 1 saturated heterocycles. The van der Waals surface area contributed by atoms with E-state index in [0.29, 0.717) is 12.4 Å². The molecule has 1 aromatic rings. The standard InChI is InChI=1S/C14H22N4O4/c1-17(2)12(19)9-22-13-7-11(16-18(13)3)14(20)15-8-10-5-4-6-21-10/h7,10H,4-6,8-9H2,1-3H3,(H,15,20)/t10-/m0/s1. The van der Waals surface area contributed by atoms with Crippen molar-refractivity contribution in [1.29, 1.82) is 0 Å². The van der Waals surface area contributed by atoms with Crippen molar-refractivity contribution >= 4 is 11.8 Å². The minimum atomic E-state index is -0.278. The lowest BCUT2D eigenvalue weighted by Crippen LogP contribution is -2.32. The van der Waals surface area contributed by atoms with E-state index in [-0.39, 0.29) is 30.2 Å². The highest BCUT2D eigenvalue weighted by atomic mass is 16.5. The van der Waals surface area contributed by atoms with Gasteiger partial charge in [0.05, 0.1) is 6.10 Å². The van der Waals surface area contributed by atoms with Gasteiger partial charge >= 0.3 is 0 Å². The summed E-state index contributed by atoms with van der Waals surface area (Å²) in [6.45, 7) is 1.14. The van der Waals surface area contributed by atoms with Crippen molar-refractivity contribution in [2.45, 2.75) is 18.9 Å². The Balaban J connectivity index is 1.87. The Morgan fingerprint density at radius 3 is 2.95 bits per heavy atom. The van der Waals surface area contributed by atoms with E-state index in [1.165, 1.54) is 15.6 Å². The molecule has 1 aliphatic rings. The van der Waals surface area contributed by atoms with Crippen LogP contribution in [0, 0.1) is 0 Å². The van der Waals surface area contributed by atoms with Crippen LogP contribution in [0.15, 0.2) is 6.07 Å². The van der Waals surface area contributed by atoms with Crippen LogP contribution in [0.3, 0.4) is 0 Å². The number of nitrogens with one attached hydrogen (secondary N) is 1. The number of hydrogen-bond donors (Lipinski definition) is 1. The Morgan fingerprint density at radius 1 is 1.55 bits per heavy atom. The minimum absolute atomic E-state index is 0.0843. The first kappa shape index (κ1) is 16.3. The van der Waals surface area contributed by atoms with Gasteiger partial charge in [0.25, 0.3) is 11.8 Å². The fourth-order valence-electron chi connectivity index (χ4n) is 2.06. The Bertz CT molecular complexity index is 535. The summed E-state index contributed by atoms with van der Waals surface area (Å²) in [6.07, 6.45) is 2.08. The first-order valence-electron chi connectivity index (χ1n) is 7.24. The Hall–Kier alpha value is -2.09. The van der Waals surface area contributed by atoms with Crippen LogP contribution in [0.25, 0.3) is 0 Å². The second kappa shape index (κ2) is 7.26. The summed E-state index contributed by atoms with van der Waals surface area (Å²) in [6, 6.07) is 1.52. The lowest BCUT2D eigenvalue weighted by Gasteiger charge is -2.10. The molecule has 0 aromatic carbocycles. The lowest BCUT2D eigenvalue weighted by atomic mass is 10.2. The average molecular weight is 310 g/mol. The molecule has 1 fully saturated rings. The summed E-state index contributed by atoms with van der Waals surface area (Å²) in [5.74, 6) is -0.0667. The predicted octanol–water partition coefficient (Wildman–Crippen LogP) is -0.204. The highest BCUT2D eigenvalue weighted by Crippen LogP contribution is 2.13. The molecule has 0 saturated carbocycles. The van der Waals surface area contributed by atoms with Crippen LogP contribution in [0.1, 0.15) is 23.3 Å². The monoisotopic (exact) mass is 310 g/mol. The van der Waals surface area contributed by atoms with Crippen molar-refractivity contribution in [3.63, 3.8) is 0 Å². The summed E-state index contributed by atoms with van der Waals surface area (Å²) in [7, 11) is 4.96. The van der Waals surface area contributed by atoms with Crippen molar-refractivity contribution < 1.29 is 19.1 Å². The molecule has 22 heavy (non-hydrogen) atoms. The maximum atomic E-state index is 12.0. The summed E-state index contributed by atoms with van der Waals surface area (Å²) >= 11 is 0. The van der Waals surface area contributed by atoms with Gasteiger partial charge in [0, 0.05) is 40.4 Å². The highest BCUT2D eigenvalue weighted by molar-refractivity contribution is 5.92. The molecule has 1 atom stereocenters. The molecule has 0 bridgehead atoms. The topological polar surface area (TPSA) is 85.7 Å². The number of carbonyl (C=O) groups excluding carboxylic acids is 2. The van der Waals surface area contributed by atoms with Gasteiger partial charge in [-0.05, 0) is 12.8 Å². The van der Waals surface area contributed by atoms with E-state index in [0.717, 1.165) is 19.4 Å². The molecule has 1 aliphatic heterocycles. The summed E-state index contributed by atoms with van der Waals surface area (Å²) in [4.78, 5) is 25.0. The molecule has 2 heterocycles. The predicted molar refractivity (Wildman–Crippen MR) is 78.7 cm³/mol. The molecule has 0 unspecified atom stereocenters. The largest absolute Gasteiger partial charge is 0.468 e. The number of carbonyl (C=O) groups is 2. The SMILES string of the molecule is CN(C)C(=O)COc1cc(C(=O)NC[C@@H]2CCCO2)nn1C. The van der Waals surface area contributed by atoms with Crippen LogP contribution < -0.4 is 10.1 Å². The molecular formula is C14H22N4O4. The van der Waals surface area contributed by atoms with Gasteiger partial charge in [0.1, 0.15) is 0 Å². The number of likely N-dealkylation sites (N-methyl/N-ethyl adjacent to an activating group) is 1. The van der Waals surface area contributed by atoms with Gasteiger partial charge in [0.15, 0.2) is 12.3 Å². The van der Waals surface area contributed by atoms with Crippen molar-refractivity contribution in [1.82, 2.24) is 20.0 Å². The van der Waals surface area contributed by atoms with Crippen LogP contribution >= 0.6 is 0 Å². The molecule has 2 rings (SSSR count). The maximum Gasteiger partial charge on any atom is 0.272 e. The third kappa shape index (κ3) is 4.20. The highest BCUT2D eigenvalue weighted by Gasteiger charge is 2.19. The second-order valence-electron chi connectivity index (χ2n) is 5.41. The zero-order chi connectivity index (χ0) is 16.1. The fourth-order valence-corrected chi connectivity index (χ4v) is 2.06. The van der Waals surface area contributed by atoms with E-state index < -0.39 is 0 Å². The molecule has 0 spiro atoms. The van der Waals surface area contributed by atoms with Gasteiger partial charge in [0.2, 0.25) is 5.88 Å². The van der Waals surface area contributed by atoms with Crippen LogP contribution in [-0.4, -0.2) is 66.5 Å². The van der Waals surface area contributed by atoms with Crippen molar-refractivity contribution in [2.24, 2.45) is 7.05 Å². The molecular weight excluding hydrogens is 288 g/mol. The summed E-state index contributed by atoms with van der Waals surface area (Å²) in [5, 5.41) is 6.89. The molecule has 0 radical (unpaired) electrons. The number of ether oxygens (including phenoxy) is 2.